The highest BCUT2D eigenvalue weighted by molar-refractivity contribution is 5.53. The summed E-state index contributed by atoms with van der Waals surface area (Å²) in [6, 6.07) is 16.5. The summed E-state index contributed by atoms with van der Waals surface area (Å²) < 4.78 is 11.8. The number of rotatable bonds is 5. The second kappa shape index (κ2) is 6.52. The fourth-order valence-corrected chi connectivity index (χ4v) is 3.26. The SMILES string of the molecule is Cc1nc(-c2ccccc2)oc1CCOc1ccc2c(c1)CCC2. The van der Waals surface area contributed by atoms with Gasteiger partial charge in [-0.1, -0.05) is 24.3 Å². The summed E-state index contributed by atoms with van der Waals surface area (Å²) in [7, 11) is 0. The normalized spacial score (nSPS) is 13.0. The van der Waals surface area contributed by atoms with Gasteiger partial charge in [-0.2, -0.15) is 0 Å². The Kier molecular flexibility index (Phi) is 4.08. The van der Waals surface area contributed by atoms with Crippen LogP contribution in [0.3, 0.4) is 0 Å². The maximum absolute atomic E-state index is 5.92. The number of hydrogen-bond donors (Lipinski definition) is 0. The summed E-state index contributed by atoms with van der Waals surface area (Å²) in [5.41, 5.74) is 4.86. The standard InChI is InChI=1S/C21H21NO2/c1-15-20(24-21(22-15)17-6-3-2-4-7-17)12-13-23-19-11-10-16-8-5-9-18(16)14-19/h2-4,6-7,10-11,14H,5,8-9,12-13H2,1H3. The molecule has 3 nitrogen and oxygen atoms in total. The van der Waals surface area contributed by atoms with Gasteiger partial charge in [0.2, 0.25) is 5.89 Å². The molecule has 0 fully saturated rings. The first-order valence-corrected chi connectivity index (χ1v) is 8.56. The summed E-state index contributed by atoms with van der Waals surface area (Å²) in [6.07, 6.45) is 4.37. The van der Waals surface area contributed by atoms with Crippen molar-refractivity contribution in [3.63, 3.8) is 0 Å². The molecule has 1 aliphatic rings. The van der Waals surface area contributed by atoms with E-state index in [1.165, 1.54) is 30.4 Å². The number of hydrogen-bond acceptors (Lipinski definition) is 3. The van der Waals surface area contributed by atoms with Crippen LogP contribution in [0.1, 0.15) is 29.0 Å². The van der Waals surface area contributed by atoms with Crippen LogP contribution in [-0.4, -0.2) is 11.6 Å². The van der Waals surface area contributed by atoms with Gasteiger partial charge in [-0.15, -0.1) is 0 Å². The third kappa shape index (κ3) is 3.07. The minimum Gasteiger partial charge on any atom is -0.493 e. The van der Waals surface area contributed by atoms with Crippen LogP contribution in [0.15, 0.2) is 52.9 Å². The van der Waals surface area contributed by atoms with Crippen molar-refractivity contribution in [3.05, 3.63) is 71.1 Å². The first-order valence-electron chi connectivity index (χ1n) is 8.56. The number of nitrogens with zero attached hydrogens (tertiary/aromatic N) is 1. The third-order valence-electron chi connectivity index (χ3n) is 4.58. The molecule has 0 bridgehead atoms. The minimum absolute atomic E-state index is 0.600. The van der Waals surface area contributed by atoms with Gasteiger partial charge in [0.1, 0.15) is 11.5 Å². The van der Waals surface area contributed by atoms with Gasteiger partial charge in [0.05, 0.1) is 12.3 Å². The molecule has 2 aromatic carbocycles. The molecule has 0 spiro atoms. The van der Waals surface area contributed by atoms with Crippen LogP contribution in [0.4, 0.5) is 0 Å². The van der Waals surface area contributed by atoms with Gasteiger partial charge < -0.3 is 9.15 Å². The molecule has 1 aromatic heterocycles. The first kappa shape index (κ1) is 15.0. The van der Waals surface area contributed by atoms with Gasteiger partial charge in [-0.25, -0.2) is 4.98 Å². The Hall–Kier alpha value is -2.55. The highest BCUT2D eigenvalue weighted by Crippen LogP contribution is 2.26. The number of aromatic nitrogens is 1. The zero-order valence-corrected chi connectivity index (χ0v) is 13.9. The van der Waals surface area contributed by atoms with Crippen molar-refractivity contribution in [1.82, 2.24) is 4.98 Å². The lowest BCUT2D eigenvalue weighted by Crippen LogP contribution is -2.02. The van der Waals surface area contributed by atoms with Crippen molar-refractivity contribution in [2.24, 2.45) is 0 Å². The Morgan fingerprint density at radius 2 is 1.88 bits per heavy atom. The highest BCUT2D eigenvalue weighted by Gasteiger charge is 2.13. The molecule has 1 aliphatic carbocycles. The Morgan fingerprint density at radius 1 is 1.04 bits per heavy atom. The van der Waals surface area contributed by atoms with E-state index in [0.717, 1.165) is 29.2 Å². The average Bonchev–Trinajstić information content (AvgIpc) is 3.22. The molecular weight excluding hydrogens is 298 g/mol. The van der Waals surface area contributed by atoms with Crippen LogP contribution in [0.25, 0.3) is 11.5 Å². The number of oxazole rings is 1. The number of ether oxygens (including phenoxy) is 1. The molecule has 122 valence electrons. The lowest BCUT2D eigenvalue weighted by Gasteiger charge is -2.07. The fourth-order valence-electron chi connectivity index (χ4n) is 3.26. The molecule has 0 amide bonds. The second-order valence-electron chi connectivity index (χ2n) is 6.28. The van der Waals surface area contributed by atoms with Gasteiger partial charge in [-0.3, -0.25) is 0 Å². The van der Waals surface area contributed by atoms with Gasteiger partial charge in [0, 0.05) is 12.0 Å². The van der Waals surface area contributed by atoms with E-state index < -0.39 is 0 Å². The predicted octanol–water partition coefficient (Wildman–Crippen LogP) is 4.76. The highest BCUT2D eigenvalue weighted by atomic mass is 16.5. The molecule has 0 aliphatic heterocycles. The van der Waals surface area contributed by atoms with Gasteiger partial charge >= 0.3 is 0 Å². The zero-order valence-electron chi connectivity index (χ0n) is 13.9. The summed E-state index contributed by atoms with van der Waals surface area (Å²) in [6.45, 7) is 2.59. The molecule has 3 heteroatoms. The Morgan fingerprint density at radius 3 is 2.75 bits per heavy atom. The predicted molar refractivity (Wildman–Crippen MR) is 94.3 cm³/mol. The van der Waals surface area contributed by atoms with E-state index in [2.05, 4.69) is 23.2 Å². The molecular formula is C21H21NO2. The minimum atomic E-state index is 0.600. The van der Waals surface area contributed by atoms with E-state index >= 15 is 0 Å². The van der Waals surface area contributed by atoms with E-state index in [-0.39, 0.29) is 0 Å². The van der Waals surface area contributed by atoms with E-state index in [1.807, 2.05) is 37.3 Å². The van der Waals surface area contributed by atoms with Crippen molar-refractivity contribution in [3.8, 4) is 17.2 Å². The molecule has 0 radical (unpaired) electrons. The topological polar surface area (TPSA) is 35.3 Å². The van der Waals surface area contributed by atoms with Crippen LogP contribution in [0.2, 0.25) is 0 Å². The average molecular weight is 319 g/mol. The van der Waals surface area contributed by atoms with E-state index in [9.17, 15) is 0 Å². The van der Waals surface area contributed by atoms with E-state index in [1.54, 1.807) is 0 Å². The number of benzene rings is 2. The maximum atomic E-state index is 5.92. The molecule has 4 rings (SSSR count). The lowest BCUT2D eigenvalue weighted by atomic mass is 10.1. The van der Waals surface area contributed by atoms with Crippen molar-refractivity contribution < 1.29 is 9.15 Å². The summed E-state index contributed by atoms with van der Waals surface area (Å²) in [5, 5.41) is 0. The van der Waals surface area contributed by atoms with Gasteiger partial charge in [0.15, 0.2) is 0 Å². The molecule has 0 N–H and O–H groups in total. The van der Waals surface area contributed by atoms with Crippen LogP contribution in [-0.2, 0) is 19.3 Å². The molecule has 0 saturated heterocycles. The van der Waals surface area contributed by atoms with Gasteiger partial charge in [-0.05, 0) is 61.6 Å². The first-order chi connectivity index (χ1) is 11.8. The molecule has 0 atom stereocenters. The number of aryl methyl sites for hydroxylation is 3. The Labute approximate surface area is 142 Å². The molecule has 24 heavy (non-hydrogen) atoms. The molecule has 3 aromatic rings. The largest absolute Gasteiger partial charge is 0.493 e. The van der Waals surface area contributed by atoms with E-state index in [4.69, 9.17) is 9.15 Å². The monoisotopic (exact) mass is 319 g/mol. The van der Waals surface area contributed by atoms with Crippen molar-refractivity contribution in [2.45, 2.75) is 32.6 Å². The summed E-state index contributed by atoms with van der Waals surface area (Å²) >= 11 is 0. The van der Waals surface area contributed by atoms with Crippen molar-refractivity contribution in [1.29, 1.82) is 0 Å². The smallest absolute Gasteiger partial charge is 0.226 e. The van der Waals surface area contributed by atoms with Crippen LogP contribution >= 0.6 is 0 Å². The molecule has 0 unspecified atom stereocenters. The summed E-state index contributed by atoms with van der Waals surface area (Å²) in [4.78, 5) is 4.53. The lowest BCUT2D eigenvalue weighted by molar-refractivity contribution is 0.309. The maximum Gasteiger partial charge on any atom is 0.226 e. The van der Waals surface area contributed by atoms with Crippen LogP contribution in [0.5, 0.6) is 5.75 Å². The number of fused-ring (bicyclic) bond motifs is 1. The summed E-state index contributed by atoms with van der Waals surface area (Å²) in [5.74, 6) is 2.53. The third-order valence-corrected chi connectivity index (χ3v) is 4.58. The Balaban J connectivity index is 1.40. The van der Waals surface area contributed by atoms with Crippen LogP contribution < -0.4 is 4.74 Å². The quantitative estimate of drug-likeness (QED) is 0.680. The van der Waals surface area contributed by atoms with Crippen molar-refractivity contribution >= 4 is 0 Å². The second-order valence-corrected chi connectivity index (χ2v) is 6.28. The van der Waals surface area contributed by atoms with E-state index in [0.29, 0.717) is 12.5 Å². The van der Waals surface area contributed by atoms with Crippen LogP contribution in [0, 0.1) is 6.92 Å². The zero-order chi connectivity index (χ0) is 16.4. The van der Waals surface area contributed by atoms with Crippen molar-refractivity contribution in [2.75, 3.05) is 6.61 Å². The molecule has 1 heterocycles. The van der Waals surface area contributed by atoms with Gasteiger partial charge in [0.25, 0.3) is 0 Å². The molecule has 0 saturated carbocycles. The fraction of sp³-hybridized carbons (Fsp3) is 0.286. The Bertz CT molecular complexity index is 836.